The van der Waals surface area contributed by atoms with Crippen LogP contribution in [0.5, 0.6) is 5.75 Å². The molecule has 0 saturated heterocycles. The van der Waals surface area contributed by atoms with Gasteiger partial charge in [0.2, 0.25) is 0 Å². The van der Waals surface area contributed by atoms with Gasteiger partial charge >= 0.3 is 5.97 Å². The lowest BCUT2D eigenvalue weighted by Crippen LogP contribution is -2.07. The molecule has 0 amide bonds. The lowest BCUT2D eigenvalue weighted by atomic mass is 10.3. The Morgan fingerprint density at radius 2 is 2.11 bits per heavy atom. The molecule has 0 aliphatic carbocycles. The maximum Gasteiger partial charge on any atom is 0.360 e. The van der Waals surface area contributed by atoms with E-state index in [-0.39, 0.29) is 0 Å². The first kappa shape index (κ1) is 13.4. The highest BCUT2D eigenvalue weighted by Gasteiger charge is 2.16. The van der Waals surface area contributed by atoms with Gasteiger partial charge in [-0.3, -0.25) is 0 Å². The van der Waals surface area contributed by atoms with Crippen LogP contribution in [0.15, 0.2) is 29.8 Å². The topological polar surface area (TPSA) is 60.5 Å². The van der Waals surface area contributed by atoms with Crippen molar-refractivity contribution >= 4 is 28.0 Å². The van der Waals surface area contributed by atoms with Gasteiger partial charge in [0.15, 0.2) is 5.69 Å². The molecule has 0 bridgehead atoms. The molecule has 1 aromatic carbocycles. The van der Waals surface area contributed by atoms with Gasteiger partial charge in [-0.15, -0.1) is 11.3 Å². The fourth-order valence-electron chi connectivity index (χ4n) is 1.49. The van der Waals surface area contributed by atoms with E-state index in [4.69, 9.17) is 9.47 Å². The highest BCUT2D eigenvalue weighted by molar-refractivity contribution is 7.14. The van der Waals surface area contributed by atoms with E-state index < -0.39 is 5.97 Å². The van der Waals surface area contributed by atoms with E-state index in [0.717, 1.165) is 11.4 Å². The molecule has 0 radical (unpaired) electrons. The van der Waals surface area contributed by atoms with Crippen LogP contribution in [0.2, 0.25) is 0 Å². The van der Waals surface area contributed by atoms with Crippen molar-refractivity contribution in [2.24, 2.45) is 0 Å². The number of rotatable bonds is 5. The molecule has 1 N–H and O–H groups in total. The summed E-state index contributed by atoms with van der Waals surface area (Å²) in [4.78, 5) is 15.7. The maximum atomic E-state index is 11.7. The van der Waals surface area contributed by atoms with Gasteiger partial charge in [0, 0.05) is 5.69 Å². The fourth-order valence-corrected chi connectivity index (χ4v) is 2.17. The Morgan fingerprint density at radius 3 is 2.74 bits per heavy atom. The SMILES string of the molecule is CCOC(=O)c1ncsc1Nc1ccc(OC)cc1. The van der Waals surface area contributed by atoms with Crippen LogP contribution in [0.1, 0.15) is 17.4 Å². The Bertz CT molecular complexity index is 551. The maximum absolute atomic E-state index is 11.7. The minimum atomic E-state index is -0.417. The van der Waals surface area contributed by atoms with E-state index in [1.807, 2.05) is 24.3 Å². The molecule has 6 heteroatoms. The third-order valence-corrected chi connectivity index (χ3v) is 3.13. The number of aromatic nitrogens is 1. The van der Waals surface area contributed by atoms with E-state index >= 15 is 0 Å². The van der Waals surface area contributed by atoms with Gasteiger partial charge in [-0.05, 0) is 31.2 Å². The van der Waals surface area contributed by atoms with Crippen molar-refractivity contribution in [3.05, 3.63) is 35.5 Å². The molecule has 2 aromatic rings. The Morgan fingerprint density at radius 1 is 1.37 bits per heavy atom. The molecular formula is C13H14N2O3S. The van der Waals surface area contributed by atoms with Gasteiger partial charge in [-0.1, -0.05) is 0 Å². The molecule has 100 valence electrons. The fraction of sp³-hybridized carbons (Fsp3) is 0.231. The van der Waals surface area contributed by atoms with Crippen molar-refractivity contribution in [2.45, 2.75) is 6.92 Å². The Hall–Kier alpha value is -2.08. The zero-order chi connectivity index (χ0) is 13.7. The Labute approximate surface area is 115 Å². The lowest BCUT2D eigenvalue weighted by Gasteiger charge is -2.06. The molecule has 0 aliphatic heterocycles. The van der Waals surface area contributed by atoms with Crippen molar-refractivity contribution in [1.82, 2.24) is 4.98 Å². The summed E-state index contributed by atoms with van der Waals surface area (Å²) in [6.45, 7) is 2.10. The molecule has 0 atom stereocenters. The molecule has 0 saturated carbocycles. The highest BCUT2D eigenvalue weighted by atomic mass is 32.1. The van der Waals surface area contributed by atoms with Crippen LogP contribution >= 0.6 is 11.3 Å². The van der Waals surface area contributed by atoms with Gasteiger partial charge in [0.25, 0.3) is 0 Å². The number of thiazole rings is 1. The van der Waals surface area contributed by atoms with Crippen molar-refractivity contribution in [3.63, 3.8) is 0 Å². The number of hydrogen-bond donors (Lipinski definition) is 1. The molecule has 0 fully saturated rings. The Kier molecular flexibility index (Phi) is 4.35. The number of anilines is 2. The molecule has 0 aliphatic rings. The molecule has 5 nitrogen and oxygen atoms in total. The van der Waals surface area contributed by atoms with Gasteiger partial charge in [0.05, 0.1) is 19.2 Å². The first-order valence-corrected chi connectivity index (χ1v) is 6.64. The van der Waals surface area contributed by atoms with Gasteiger partial charge in [-0.25, -0.2) is 9.78 Å². The van der Waals surface area contributed by atoms with Crippen molar-refractivity contribution in [3.8, 4) is 5.75 Å². The van der Waals surface area contributed by atoms with E-state index in [1.54, 1.807) is 19.5 Å². The van der Waals surface area contributed by atoms with E-state index in [0.29, 0.717) is 17.3 Å². The number of carbonyl (C=O) groups is 1. The predicted molar refractivity (Wildman–Crippen MR) is 74.3 cm³/mol. The average Bonchev–Trinajstić information content (AvgIpc) is 2.88. The third-order valence-electron chi connectivity index (χ3n) is 2.38. The standard InChI is InChI=1S/C13H14N2O3S/c1-3-18-13(16)11-12(19-8-14-11)15-9-4-6-10(17-2)7-5-9/h4-8,15H,3H2,1-2H3. The second kappa shape index (κ2) is 6.19. The Balaban J connectivity index is 2.14. The van der Waals surface area contributed by atoms with E-state index in [9.17, 15) is 4.79 Å². The molecule has 0 spiro atoms. The van der Waals surface area contributed by atoms with Crippen molar-refractivity contribution in [2.75, 3.05) is 19.0 Å². The largest absolute Gasteiger partial charge is 0.497 e. The van der Waals surface area contributed by atoms with Crippen molar-refractivity contribution in [1.29, 1.82) is 0 Å². The zero-order valence-electron chi connectivity index (χ0n) is 10.7. The molecule has 0 unspecified atom stereocenters. The second-order valence-corrected chi connectivity index (χ2v) is 4.46. The number of ether oxygens (including phenoxy) is 2. The minimum Gasteiger partial charge on any atom is -0.497 e. The van der Waals surface area contributed by atoms with E-state index in [2.05, 4.69) is 10.3 Å². The summed E-state index contributed by atoms with van der Waals surface area (Å²) in [7, 11) is 1.62. The number of methoxy groups -OCH3 is 1. The highest BCUT2D eigenvalue weighted by Crippen LogP contribution is 2.26. The summed E-state index contributed by atoms with van der Waals surface area (Å²) in [5.41, 5.74) is 2.77. The van der Waals surface area contributed by atoms with Crippen LogP contribution in [-0.2, 0) is 4.74 Å². The summed E-state index contributed by atoms with van der Waals surface area (Å²) < 4.78 is 10.0. The number of benzene rings is 1. The van der Waals surface area contributed by atoms with Crippen LogP contribution in [0, 0.1) is 0 Å². The minimum absolute atomic E-state index is 0.308. The van der Waals surface area contributed by atoms with Crippen LogP contribution in [0.25, 0.3) is 0 Å². The van der Waals surface area contributed by atoms with Crippen LogP contribution in [0.4, 0.5) is 10.7 Å². The smallest absolute Gasteiger partial charge is 0.360 e. The molecular weight excluding hydrogens is 264 g/mol. The van der Waals surface area contributed by atoms with Gasteiger partial charge in [0.1, 0.15) is 10.8 Å². The summed E-state index contributed by atoms with van der Waals surface area (Å²) >= 11 is 1.35. The van der Waals surface area contributed by atoms with Crippen LogP contribution in [-0.4, -0.2) is 24.7 Å². The zero-order valence-corrected chi connectivity index (χ0v) is 11.5. The lowest BCUT2D eigenvalue weighted by molar-refractivity contribution is 0.0521. The number of nitrogens with zero attached hydrogens (tertiary/aromatic N) is 1. The molecule has 2 rings (SSSR count). The second-order valence-electron chi connectivity index (χ2n) is 3.60. The summed E-state index contributed by atoms with van der Waals surface area (Å²) in [6, 6.07) is 7.42. The molecule has 19 heavy (non-hydrogen) atoms. The first-order valence-electron chi connectivity index (χ1n) is 5.76. The molecule has 1 aromatic heterocycles. The first-order chi connectivity index (χ1) is 9.24. The van der Waals surface area contributed by atoms with E-state index in [1.165, 1.54) is 11.3 Å². The van der Waals surface area contributed by atoms with Crippen molar-refractivity contribution < 1.29 is 14.3 Å². The van der Waals surface area contributed by atoms with Crippen LogP contribution in [0.3, 0.4) is 0 Å². The number of esters is 1. The third kappa shape index (κ3) is 3.23. The average molecular weight is 278 g/mol. The summed E-state index contributed by atoms with van der Waals surface area (Å²) in [6.07, 6.45) is 0. The van der Waals surface area contributed by atoms with Gasteiger partial charge < -0.3 is 14.8 Å². The van der Waals surface area contributed by atoms with Crippen LogP contribution < -0.4 is 10.1 Å². The predicted octanol–water partition coefficient (Wildman–Crippen LogP) is 3.07. The number of nitrogens with one attached hydrogen (secondary N) is 1. The number of hydrogen-bond acceptors (Lipinski definition) is 6. The quantitative estimate of drug-likeness (QED) is 0.852. The molecule has 1 heterocycles. The summed E-state index contributed by atoms with van der Waals surface area (Å²) in [5, 5.41) is 3.81. The monoisotopic (exact) mass is 278 g/mol. The summed E-state index contributed by atoms with van der Waals surface area (Å²) in [5.74, 6) is 0.361. The van der Waals surface area contributed by atoms with Gasteiger partial charge in [-0.2, -0.15) is 0 Å². The normalized spacial score (nSPS) is 10.0. The number of carbonyl (C=O) groups excluding carboxylic acids is 1.